The Morgan fingerprint density at radius 2 is 1.85 bits per heavy atom. The number of rotatable bonds is 4. The Labute approximate surface area is 123 Å². The zero-order valence-electron chi connectivity index (χ0n) is 13.3. The van der Waals surface area contributed by atoms with Gasteiger partial charge in [-0.2, -0.15) is 0 Å². The fourth-order valence-corrected chi connectivity index (χ4v) is 3.66. The minimum absolute atomic E-state index is 0.0351. The summed E-state index contributed by atoms with van der Waals surface area (Å²) in [5, 5.41) is 3.54. The van der Waals surface area contributed by atoms with Gasteiger partial charge in [-0.05, 0) is 62.3 Å². The maximum Gasteiger partial charge on any atom is 0.128 e. The molecular weight excluding hydrogens is 249 g/mol. The number of aryl methyl sites for hydroxylation is 2. The molecule has 0 aromatic heterocycles. The van der Waals surface area contributed by atoms with Gasteiger partial charge < -0.3 is 5.32 Å². The van der Waals surface area contributed by atoms with Gasteiger partial charge in [0.2, 0.25) is 0 Å². The summed E-state index contributed by atoms with van der Waals surface area (Å²) in [4.78, 5) is 0. The van der Waals surface area contributed by atoms with Gasteiger partial charge in [-0.25, -0.2) is 4.39 Å². The molecule has 1 aliphatic carbocycles. The first-order valence-electron chi connectivity index (χ1n) is 8.03. The van der Waals surface area contributed by atoms with Gasteiger partial charge in [-0.3, -0.25) is 0 Å². The van der Waals surface area contributed by atoms with Gasteiger partial charge in [0.05, 0.1) is 0 Å². The molecule has 2 heteroatoms. The van der Waals surface area contributed by atoms with Crippen molar-refractivity contribution in [1.29, 1.82) is 0 Å². The standard InChI is InChI=1S/C18H28FN/c1-5-20-18(15-8-6-12(2)7-9-15)17-14(4)10-13(3)11-16(17)19/h10-12,15,18,20H,5-9H2,1-4H3. The lowest BCUT2D eigenvalue weighted by molar-refractivity contribution is 0.229. The predicted molar refractivity (Wildman–Crippen MR) is 83.4 cm³/mol. The van der Waals surface area contributed by atoms with Crippen LogP contribution >= 0.6 is 0 Å². The molecule has 1 atom stereocenters. The molecule has 0 aliphatic heterocycles. The first kappa shape index (κ1) is 15.5. The smallest absolute Gasteiger partial charge is 0.128 e. The van der Waals surface area contributed by atoms with E-state index < -0.39 is 0 Å². The van der Waals surface area contributed by atoms with E-state index in [0.717, 1.165) is 29.2 Å². The fourth-order valence-electron chi connectivity index (χ4n) is 3.66. The third kappa shape index (κ3) is 3.41. The molecule has 1 aromatic carbocycles. The quantitative estimate of drug-likeness (QED) is 0.823. The Morgan fingerprint density at radius 1 is 1.20 bits per heavy atom. The second-order valence-corrected chi connectivity index (χ2v) is 6.53. The molecule has 0 saturated heterocycles. The fraction of sp³-hybridized carbons (Fsp3) is 0.667. The van der Waals surface area contributed by atoms with Crippen LogP contribution in [0, 0.1) is 31.5 Å². The van der Waals surface area contributed by atoms with Crippen molar-refractivity contribution in [3.63, 3.8) is 0 Å². The zero-order chi connectivity index (χ0) is 14.7. The lowest BCUT2D eigenvalue weighted by atomic mass is 9.76. The van der Waals surface area contributed by atoms with E-state index in [-0.39, 0.29) is 11.9 Å². The predicted octanol–water partition coefficient (Wildman–Crippen LogP) is 4.92. The van der Waals surface area contributed by atoms with Crippen molar-refractivity contribution in [2.75, 3.05) is 6.54 Å². The van der Waals surface area contributed by atoms with E-state index in [1.54, 1.807) is 6.07 Å². The summed E-state index contributed by atoms with van der Waals surface area (Å²) in [5.41, 5.74) is 3.00. The minimum Gasteiger partial charge on any atom is -0.310 e. The highest BCUT2D eigenvalue weighted by Gasteiger charge is 2.29. The molecule has 1 aliphatic rings. The summed E-state index contributed by atoms with van der Waals surface area (Å²) < 4.78 is 14.5. The first-order chi connectivity index (χ1) is 9.52. The Morgan fingerprint density at radius 3 is 2.40 bits per heavy atom. The summed E-state index contributed by atoms with van der Waals surface area (Å²) >= 11 is 0. The second-order valence-electron chi connectivity index (χ2n) is 6.53. The lowest BCUT2D eigenvalue weighted by Crippen LogP contribution is -2.32. The highest BCUT2D eigenvalue weighted by atomic mass is 19.1. The third-order valence-corrected chi connectivity index (χ3v) is 4.75. The van der Waals surface area contributed by atoms with E-state index in [9.17, 15) is 4.39 Å². The maximum absolute atomic E-state index is 14.5. The summed E-state index contributed by atoms with van der Waals surface area (Å²) in [7, 11) is 0. The molecule has 20 heavy (non-hydrogen) atoms. The molecule has 1 nitrogen and oxygen atoms in total. The molecule has 112 valence electrons. The van der Waals surface area contributed by atoms with Gasteiger partial charge in [-0.1, -0.05) is 32.8 Å². The van der Waals surface area contributed by atoms with E-state index in [1.165, 1.54) is 25.7 Å². The molecular formula is C18H28FN. The van der Waals surface area contributed by atoms with Crippen molar-refractivity contribution in [3.05, 3.63) is 34.6 Å². The van der Waals surface area contributed by atoms with Crippen molar-refractivity contribution in [2.24, 2.45) is 11.8 Å². The zero-order valence-corrected chi connectivity index (χ0v) is 13.3. The number of benzene rings is 1. The second kappa shape index (κ2) is 6.71. The number of nitrogens with one attached hydrogen (secondary N) is 1. The van der Waals surface area contributed by atoms with Crippen molar-refractivity contribution >= 4 is 0 Å². The number of hydrogen-bond donors (Lipinski definition) is 1. The monoisotopic (exact) mass is 277 g/mol. The van der Waals surface area contributed by atoms with Crippen LogP contribution < -0.4 is 5.32 Å². The van der Waals surface area contributed by atoms with Crippen LogP contribution in [0.25, 0.3) is 0 Å². The van der Waals surface area contributed by atoms with Crippen molar-refractivity contribution in [2.45, 2.75) is 59.4 Å². The van der Waals surface area contributed by atoms with E-state index in [2.05, 4.69) is 25.2 Å². The van der Waals surface area contributed by atoms with Crippen LogP contribution in [0.15, 0.2) is 12.1 Å². The van der Waals surface area contributed by atoms with Crippen LogP contribution in [-0.2, 0) is 0 Å². The molecule has 0 amide bonds. The van der Waals surface area contributed by atoms with Gasteiger partial charge in [0.25, 0.3) is 0 Å². The van der Waals surface area contributed by atoms with Crippen molar-refractivity contribution in [3.8, 4) is 0 Å². The molecule has 0 spiro atoms. The van der Waals surface area contributed by atoms with E-state index in [0.29, 0.717) is 5.92 Å². The van der Waals surface area contributed by atoms with Crippen LogP contribution in [0.2, 0.25) is 0 Å². The average Bonchev–Trinajstić information content (AvgIpc) is 2.37. The Balaban J connectivity index is 2.29. The SMILES string of the molecule is CCNC(c1c(C)cc(C)cc1F)C1CCC(C)CC1. The molecule has 2 rings (SSSR count). The Bertz CT molecular complexity index is 424. The van der Waals surface area contributed by atoms with Gasteiger partial charge in [0.15, 0.2) is 0 Å². The summed E-state index contributed by atoms with van der Waals surface area (Å²) in [5.74, 6) is 1.37. The molecule has 1 unspecified atom stereocenters. The van der Waals surface area contributed by atoms with Gasteiger partial charge >= 0.3 is 0 Å². The van der Waals surface area contributed by atoms with Gasteiger partial charge in [-0.15, -0.1) is 0 Å². The summed E-state index contributed by atoms with van der Waals surface area (Å²) in [6.45, 7) is 9.34. The normalized spacial score (nSPS) is 24.6. The third-order valence-electron chi connectivity index (χ3n) is 4.75. The van der Waals surface area contributed by atoms with E-state index in [1.807, 2.05) is 13.8 Å². The van der Waals surface area contributed by atoms with Crippen molar-refractivity contribution in [1.82, 2.24) is 5.32 Å². The molecule has 0 bridgehead atoms. The van der Waals surface area contributed by atoms with Crippen LogP contribution in [0.4, 0.5) is 4.39 Å². The number of hydrogen-bond acceptors (Lipinski definition) is 1. The molecule has 0 radical (unpaired) electrons. The van der Waals surface area contributed by atoms with Crippen LogP contribution in [-0.4, -0.2) is 6.54 Å². The largest absolute Gasteiger partial charge is 0.310 e. The highest BCUT2D eigenvalue weighted by molar-refractivity contribution is 5.35. The topological polar surface area (TPSA) is 12.0 Å². The molecule has 0 heterocycles. The maximum atomic E-state index is 14.5. The van der Waals surface area contributed by atoms with Crippen LogP contribution in [0.5, 0.6) is 0 Å². The van der Waals surface area contributed by atoms with Crippen molar-refractivity contribution < 1.29 is 4.39 Å². The molecule has 1 saturated carbocycles. The number of halogens is 1. The average molecular weight is 277 g/mol. The van der Waals surface area contributed by atoms with Gasteiger partial charge in [0.1, 0.15) is 5.82 Å². The molecule has 1 aromatic rings. The Hall–Kier alpha value is -0.890. The highest BCUT2D eigenvalue weighted by Crippen LogP contribution is 2.38. The first-order valence-corrected chi connectivity index (χ1v) is 8.03. The van der Waals surface area contributed by atoms with Crippen LogP contribution in [0.1, 0.15) is 62.3 Å². The van der Waals surface area contributed by atoms with E-state index >= 15 is 0 Å². The summed E-state index contributed by atoms with van der Waals surface area (Å²) in [6, 6.07) is 3.96. The summed E-state index contributed by atoms with van der Waals surface area (Å²) in [6.07, 6.45) is 4.98. The van der Waals surface area contributed by atoms with Crippen LogP contribution in [0.3, 0.4) is 0 Å². The molecule has 1 fully saturated rings. The lowest BCUT2D eigenvalue weighted by Gasteiger charge is -2.34. The van der Waals surface area contributed by atoms with Gasteiger partial charge in [0, 0.05) is 11.6 Å². The molecule has 1 N–H and O–H groups in total. The Kier molecular flexibility index (Phi) is 5.20. The van der Waals surface area contributed by atoms with E-state index in [4.69, 9.17) is 0 Å². The minimum atomic E-state index is -0.0351.